The van der Waals surface area contributed by atoms with Gasteiger partial charge in [0.05, 0.1) is 6.04 Å². The highest BCUT2D eigenvalue weighted by Gasteiger charge is 2.30. The molecule has 0 aromatic heterocycles. The summed E-state index contributed by atoms with van der Waals surface area (Å²) >= 11 is 2.96. The third kappa shape index (κ3) is 16.3. The number of aliphatic imine (C=N–C) groups is 1. The van der Waals surface area contributed by atoms with E-state index in [1.54, 1.807) is 0 Å². The van der Waals surface area contributed by atoms with Crippen molar-refractivity contribution in [1.29, 1.82) is 0 Å². The predicted molar refractivity (Wildman–Crippen MR) is 150 cm³/mol. The maximum absolute atomic E-state index is 13.2. The predicted octanol–water partition coefficient (Wildman–Crippen LogP) is -1.46. The molecule has 0 aliphatic carbocycles. The fraction of sp³-hybridized carbons (Fsp3) is 0.773. The van der Waals surface area contributed by atoms with Crippen LogP contribution in [0.2, 0.25) is 0 Å². The van der Waals surface area contributed by atoms with Crippen LogP contribution >= 0.6 is 23.5 Å². The van der Waals surface area contributed by atoms with Gasteiger partial charge in [-0.25, -0.2) is 4.79 Å². The molecule has 0 saturated heterocycles. The summed E-state index contributed by atoms with van der Waals surface area (Å²) in [5.74, 6) is -1.81. The first-order chi connectivity index (χ1) is 17.6. The van der Waals surface area contributed by atoms with E-state index in [9.17, 15) is 24.3 Å². The van der Waals surface area contributed by atoms with Gasteiger partial charge in [-0.05, 0) is 69.1 Å². The number of hydrogen-bond donors (Lipinski definition) is 8. The first-order valence-corrected chi connectivity index (χ1v) is 15.0. The molecule has 0 radical (unpaired) electrons. The summed E-state index contributed by atoms with van der Waals surface area (Å²) in [7, 11) is 0. The molecule has 0 aliphatic heterocycles. The van der Waals surface area contributed by atoms with Gasteiger partial charge in [-0.15, -0.1) is 0 Å². The Hall–Kier alpha value is -2.23. The van der Waals surface area contributed by atoms with Crippen molar-refractivity contribution in [2.24, 2.45) is 27.9 Å². The van der Waals surface area contributed by atoms with Gasteiger partial charge < -0.3 is 44.0 Å². The van der Waals surface area contributed by atoms with Gasteiger partial charge in [0.2, 0.25) is 17.7 Å². The third-order valence-electron chi connectivity index (χ3n) is 5.35. The number of amides is 3. The van der Waals surface area contributed by atoms with Crippen molar-refractivity contribution in [3.63, 3.8) is 0 Å². The zero-order valence-corrected chi connectivity index (χ0v) is 23.4. The number of carbonyl (C=O) groups excluding carboxylic acids is 3. The van der Waals surface area contributed by atoms with Crippen molar-refractivity contribution in [1.82, 2.24) is 16.0 Å². The molecule has 0 spiro atoms. The van der Waals surface area contributed by atoms with Crippen LogP contribution in [-0.4, -0.2) is 96.0 Å². The fourth-order valence-electron chi connectivity index (χ4n) is 3.23. The molecular weight excluding hydrogens is 520 g/mol. The number of nitrogens with zero attached hydrogens (tertiary/aromatic N) is 1. The first kappa shape index (κ1) is 34.8. The maximum atomic E-state index is 13.2. The van der Waals surface area contributed by atoms with Crippen LogP contribution in [0.25, 0.3) is 0 Å². The van der Waals surface area contributed by atoms with Gasteiger partial charge in [0.15, 0.2) is 5.96 Å². The largest absolute Gasteiger partial charge is 0.480 e. The van der Waals surface area contributed by atoms with Crippen LogP contribution < -0.4 is 38.9 Å². The average molecular weight is 565 g/mol. The molecule has 4 unspecified atom stereocenters. The maximum Gasteiger partial charge on any atom is 0.326 e. The molecule has 15 heteroatoms. The highest BCUT2D eigenvalue weighted by molar-refractivity contribution is 7.98. The number of carboxylic acids is 1. The second-order valence-corrected chi connectivity index (χ2v) is 10.4. The minimum absolute atomic E-state index is 0.101. The van der Waals surface area contributed by atoms with E-state index in [-0.39, 0.29) is 25.3 Å². The summed E-state index contributed by atoms with van der Waals surface area (Å²) in [5.41, 5.74) is 22.1. The van der Waals surface area contributed by atoms with E-state index >= 15 is 0 Å². The molecule has 214 valence electrons. The smallest absolute Gasteiger partial charge is 0.326 e. The lowest BCUT2D eigenvalue weighted by atomic mass is 10.1. The van der Waals surface area contributed by atoms with Crippen molar-refractivity contribution >= 4 is 53.2 Å². The highest BCUT2D eigenvalue weighted by Crippen LogP contribution is 2.07. The van der Waals surface area contributed by atoms with Crippen LogP contribution in [0.4, 0.5) is 0 Å². The van der Waals surface area contributed by atoms with E-state index in [0.717, 1.165) is 6.42 Å². The fourth-order valence-corrected chi connectivity index (χ4v) is 4.18. The number of unbranched alkanes of at least 4 members (excludes halogenated alkanes) is 1. The van der Waals surface area contributed by atoms with Gasteiger partial charge in [0.1, 0.15) is 18.1 Å². The van der Waals surface area contributed by atoms with E-state index in [0.29, 0.717) is 43.7 Å². The Bertz CT molecular complexity index is 740. The molecule has 0 rings (SSSR count). The lowest BCUT2D eigenvalue weighted by Crippen LogP contribution is -2.57. The van der Waals surface area contributed by atoms with Gasteiger partial charge in [0.25, 0.3) is 0 Å². The quantitative estimate of drug-likeness (QED) is 0.0455. The topological polar surface area (TPSA) is 241 Å². The Kier molecular flexibility index (Phi) is 19.5. The summed E-state index contributed by atoms with van der Waals surface area (Å²) in [4.78, 5) is 54.2. The summed E-state index contributed by atoms with van der Waals surface area (Å²) in [6.07, 6.45) is 6.62. The molecular formula is C22H44N8O5S2. The molecule has 0 aliphatic rings. The Morgan fingerprint density at radius 3 is 1.81 bits per heavy atom. The van der Waals surface area contributed by atoms with Crippen molar-refractivity contribution in [2.45, 2.75) is 69.1 Å². The number of thioether (sulfide) groups is 2. The van der Waals surface area contributed by atoms with Crippen molar-refractivity contribution < 1.29 is 24.3 Å². The van der Waals surface area contributed by atoms with E-state index in [4.69, 9.17) is 22.9 Å². The zero-order valence-electron chi connectivity index (χ0n) is 21.7. The van der Waals surface area contributed by atoms with Crippen LogP contribution in [0.15, 0.2) is 4.99 Å². The van der Waals surface area contributed by atoms with Crippen LogP contribution in [0.3, 0.4) is 0 Å². The molecule has 0 aromatic carbocycles. The van der Waals surface area contributed by atoms with Crippen LogP contribution in [0.5, 0.6) is 0 Å². The average Bonchev–Trinajstić information content (AvgIpc) is 2.85. The summed E-state index contributed by atoms with van der Waals surface area (Å²) in [5, 5.41) is 17.3. The Morgan fingerprint density at radius 1 is 0.784 bits per heavy atom. The Morgan fingerprint density at radius 2 is 1.30 bits per heavy atom. The number of rotatable bonds is 21. The number of nitrogens with two attached hydrogens (primary N) is 4. The summed E-state index contributed by atoms with van der Waals surface area (Å²) < 4.78 is 0. The number of hydrogen-bond acceptors (Lipinski definition) is 9. The Labute approximate surface area is 227 Å². The molecule has 0 heterocycles. The second kappa shape index (κ2) is 20.8. The van der Waals surface area contributed by atoms with E-state index in [2.05, 4.69) is 20.9 Å². The Balaban J connectivity index is 5.50. The number of guanidine groups is 1. The van der Waals surface area contributed by atoms with Gasteiger partial charge in [-0.1, -0.05) is 6.42 Å². The molecule has 0 aromatic rings. The monoisotopic (exact) mass is 564 g/mol. The molecule has 13 nitrogen and oxygen atoms in total. The normalized spacial score (nSPS) is 14.1. The number of nitrogens with one attached hydrogen (secondary N) is 3. The van der Waals surface area contributed by atoms with Gasteiger partial charge in [0, 0.05) is 6.54 Å². The van der Waals surface area contributed by atoms with Gasteiger partial charge >= 0.3 is 5.97 Å². The third-order valence-corrected chi connectivity index (χ3v) is 6.64. The molecule has 12 N–H and O–H groups in total. The van der Waals surface area contributed by atoms with E-state index in [1.165, 1.54) is 23.5 Å². The lowest BCUT2D eigenvalue weighted by molar-refractivity contribution is -0.142. The van der Waals surface area contributed by atoms with Gasteiger partial charge in [-0.2, -0.15) is 23.5 Å². The minimum atomic E-state index is -1.17. The number of carboxylic acid groups (broad SMARTS) is 1. The molecule has 3 amide bonds. The second-order valence-electron chi connectivity index (χ2n) is 8.42. The van der Waals surface area contributed by atoms with Gasteiger partial charge in [-0.3, -0.25) is 19.4 Å². The number of aliphatic carboxylic acids is 1. The zero-order chi connectivity index (χ0) is 28.2. The molecule has 37 heavy (non-hydrogen) atoms. The molecule has 0 fully saturated rings. The van der Waals surface area contributed by atoms with E-state index < -0.39 is 47.9 Å². The summed E-state index contributed by atoms with van der Waals surface area (Å²) in [6.45, 7) is 0.723. The van der Waals surface area contributed by atoms with Crippen LogP contribution in [0.1, 0.15) is 44.9 Å². The SMILES string of the molecule is CSCCC(NC(=O)C(CCCN=C(N)N)NC(=O)C(CCSC)NC(=O)C(N)CCCCN)C(=O)O. The molecule has 4 atom stereocenters. The lowest BCUT2D eigenvalue weighted by Gasteiger charge is -2.25. The van der Waals surface area contributed by atoms with Crippen LogP contribution in [0, 0.1) is 0 Å². The standard InChI is InChI=1S/C22H44N8O5S2/c1-36-12-8-16(28-18(31)14(24)6-3-4-10-23)20(33)29-15(7-5-11-27-22(25)26)19(32)30-17(21(34)35)9-13-37-2/h14-17H,3-13,23-24H2,1-2H3,(H,28,31)(H,29,33)(H,30,32)(H,34,35)(H4,25,26,27). The van der Waals surface area contributed by atoms with E-state index in [1.807, 2.05) is 12.5 Å². The molecule has 0 saturated carbocycles. The van der Waals surface area contributed by atoms with Crippen LogP contribution in [-0.2, 0) is 19.2 Å². The highest BCUT2D eigenvalue weighted by atomic mass is 32.2. The van der Waals surface area contributed by atoms with Crippen molar-refractivity contribution in [3.05, 3.63) is 0 Å². The summed E-state index contributed by atoms with van der Waals surface area (Å²) in [6, 6.07) is -3.86. The first-order valence-electron chi connectivity index (χ1n) is 12.2. The van der Waals surface area contributed by atoms with Crippen molar-refractivity contribution in [2.75, 3.05) is 37.1 Å². The van der Waals surface area contributed by atoms with Crippen molar-refractivity contribution in [3.8, 4) is 0 Å². The number of carbonyl (C=O) groups is 4. The molecule has 0 bridgehead atoms. The minimum Gasteiger partial charge on any atom is -0.480 e.